The van der Waals surface area contributed by atoms with Gasteiger partial charge in [0.25, 0.3) is 0 Å². The standard InChI is InChI=1S/C34H35N3O7/c1-41-29-20-26(12-15-28(29)30-21-35-23-44-30)36-31(38)32(39)37-34(16-6-3-7-17-34)18-19-42-27-13-10-25(11-14-27)33(40)43-22-24-8-4-2-5-9-24/h2,4-5,8-15,20-21,23H,3,6-7,16-19,22H2,1H3,(H,36,38)(H,37,39). The average molecular weight is 598 g/mol. The fourth-order valence-electron chi connectivity index (χ4n) is 5.33. The minimum Gasteiger partial charge on any atom is -0.496 e. The summed E-state index contributed by atoms with van der Waals surface area (Å²) in [7, 11) is 1.51. The molecule has 0 bridgehead atoms. The number of nitrogens with one attached hydrogen (secondary N) is 2. The number of benzene rings is 3. The molecule has 1 aromatic heterocycles. The highest BCUT2D eigenvalue weighted by atomic mass is 16.5. The highest BCUT2D eigenvalue weighted by molar-refractivity contribution is 6.39. The maximum Gasteiger partial charge on any atom is 0.338 e. The minimum atomic E-state index is -0.764. The summed E-state index contributed by atoms with van der Waals surface area (Å²) in [4.78, 5) is 42.3. The molecule has 10 heteroatoms. The number of ether oxygens (including phenoxy) is 3. The lowest BCUT2D eigenvalue weighted by Gasteiger charge is -2.38. The second-order valence-electron chi connectivity index (χ2n) is 10.7. The van der Waals surface area contributed by atoms with E-state index in [1.54, 1.807) is 48.7 Å². The fraction of sp³-hybridized carbons (Fsp3) is 0.294. The third-order valence-electron chi connectivity index (χ3n) is 7.70. The van der Waals surface area contributed by atoms with Crippen LogP contribution in [-0.2, 0) is 20.9 Å². The van der Waals surface area contributed by atoms with Crippen molar-refractivity contribution in [1.29, 1.82) is 0 Å². The number of carbonyl (C=O) groups excluding carboxylic acids is 3. The Hall–Kier alpha value is -5.12. The van der Waals surface area contributed by atoms with Crippen molar-refractivity contribution in [2.75, 3.05) is 19.0 Å². The molecule has 1 aliphatic carbocycles. The number of hydrogen-bond acceptors (Lipinski definition) is 8. The summed E-state index contributed by atoms with van der Waals surface area (Å²) in [5.41, 5.74) is 1.88. The van der Waals surface area contributed by atoms with Gasteiger partial charge in [0.1, 0.15) is 18.1 Å². The molecule has 1 fully saturated rings. The Kier molecular flexibility index (Phi) is 9.91. The molecule has 0 atom stereocenters. The summed E-state index contributed by atoms with van der Waals surface area (Å²) in [5, 5.41) is 5.67. The van der Waals surface area contributed by atoms with E-state index in [2.05, 4.69) is 15.6 Å². The summed E-state index contributed by atoms with van der Waals surface area (Å²) in [6.07, 6.45) is 7.89. The predicted octanol–water partition coefficient (Wildman–Crippen LogP) is 5.93. The van der Waals surface area contributed by atoms with Crippen LogP contribution in [0.1, 0.15) is 54.4 Å². The van der Waals surface area contributed by atoms with Gasteiger partial charge in [-0.1, -0.05) is 49.6 Å². The first-order valence-electron chi connectivity index (χ1n) is 14.6. The van der Waals surface area contributed by atoms with Crippen molar-refractivity contribution in [3.05, 3.63) is 96.5 Å². The van der Waals surface area contributed by atoms with E-state index in [0.717, 1.165) is 37.7 Å². The van der Waals surface area contributed by atoms with E-state index < -0.39 is 23.3 Å². The van der Waals surface area contributed by atoms with Crippen LogP contribution < -0.4 is 20.1 Å². The van der Waals surface area contributed by atoms with Crippen LogP contribution >= 0.6 is 0 Å². The molecule has 2 amide bonds. The zero-order chi connectivity index (χ0) is 30.8. The zero-order valence-electron chi connectivity index (χ0n) is 24.5. The van der Waals surface area contributed by atoms with Crippen LogP contribution in [0.15, 0.2) is 89.8 Å². The zero-order valence-corrected chi connectivity index (χ0v) is 24.5. The molecule has 10 nitrogen and oxygen atoms in total. The lowest BCUT2D eigenvalue weighted by atomic mass is 9.79. The van der Waals surface area contributed by atoms with Gasteiger partial charge in [-0.15, -0.1) is 0 Å². The van der Waals surface area contributed by atoms with Gasteiger partial charge in [0.05, 0.1) is 31.0 Å². The number of amides is 2. The topological polar surface area (TPSA) is 129 Å². The van der Waals surface area contributed by atoms with E-state index >= 15 is 0 Å². The first-order valence-corrected chi connectivity index (χ1v) is 14.6. The number of rotatable bonds is 11. The van der Waals surface area contributed by atoms with Crippen LogP contribution in [0.25, 0.3) is 11.3 Å². The van der Waals surface area contributed by atoms with Crippen LogP contribution in [0.5, 0.6) is 11.5 Å². The summed E-state index contributed by atoms with van der Waals surface area (Å²) in [6, 6.07) is 21.3. The Morgan fingerprint density at radius 3 is 2.41 bits per heavy atom. The smallest absolute Gasteiger partial charge is 0.338 e. The highest BCUT2D eigenvalue weighted by Gasteiger charge is 2.35. The van der Waals surface area contributed by atoms with Crippen molar-refractivity contribution in [2.24, 2.45) is 0 Å². The van der Waals surface area contributed by atoms with Crippen molar-refractivity contribution < 1.29 is 33.0 Å². The number of nitrogens with zero attached hydrogens (tertiary/aromatic N) is 1. The number of carbonyl (C=O) groups is 3. The Labute approximate surface area is 255 Å². The van der Waals surface area contributed by atoms with Gasteiger partial charge in [-0.25, -0.2) is 9.78 Å². The van der Waals surface area contributed by atoms with Gasteiger partial charge in [-0.3, -0.25) is 9.59 Å². The van der Waals surface area contributed by atoms with Gasteiger partial charge in [-0.05, 0) is 54.8 Å². The van der Waals surface area contributed by atoms with Crippen molar-refractivity contribution >= 4 is 23.5 Å². The van der Waals surface area contributed by atoms with Gasteiger partial charge in [0.2, 0.25) is 0 Å². The van der Waals surface area contributed by atoms with E-state index in [4.69, 9.17) is 18.6 Å². The van der Waals surface area contributed by atoms with E-state index in [-0.39, 0.29) is 6.61 Å². The Bertz CT molecular complexity index is 1550. The molecule has 0 saturated heterocycles. The van der Waals surface area contributed by atoms with E-state index in [1.165, 1.54) is 13.5 Å². The molecule has 1 heterocycles. The SMILES string of the molecule is COc1cc(NC(=O)C(=O)NC2(CCOc3ccc(C(=O)OCc4ccccc4)cc3)CCCCC2)ccc1-c1cnco1. The monoisotopic (exact) mass is 597 g/mol. The number of methoxy groups -OCH3 is 1. The van der Waals surface area contributed by atoms with Crippen molar-refractivity contribution in [3.8, 4) is 22.8 Å². The molecule has 5 rings (SSSR count). The summed E-state index contributed by atoms with van der Waals surface area (Å²) in [5.74, 6) is -0.285. The van der Waals surface area contributed by atoms with Crippen LogP contribution in [0.4, 0.5) is 5.69 Å². The molecule has 228 valence electrons. The van der Waals surface area contributed by atoms with Gasteiger partial charge >= 0.3 is 17.8 Å². The van der Waals surface area contributed by atoms with Crippen LogP contribution in [-0.4, -0.2) is 42.0 Å². The Balaban J connectivity index is 1.14. The molecule has 44 heavy (non-hydrogen) atoms. The van der Waals surface area contributed by atoms with E-state index in [9.17, 15) is 14.4 Å². The largest absolute Gasteiger partial charge is 0.496 e. The van der Waals surface area contributed by atoms with Crippen LogP contribution in [0.2, 0.25) is 0 Å². The van der Waals surface area contributed by atoms with Gasteiger partial charge in [0.15, 0.2) is 12.2 Å². The molecule has 0 spiro atoms. The molecule has 0 unspecified atom stereocenters. The number of aromatic nitrogens is 1. The molecule has 1 saturated carbocycles. The number of esters is 1. The lowest BCUT2D eigenvalue weighted by molar-refractivity contribution is -0.137. The quantitative estimate of drug-likeness (QED) is 0.161. The second-order valence-corrected chi connectivity index (χ2v) is 10.7. The summed E-state index contributed by atoms with van der Waals surface area (Å²) < 4.78 is 22.1. The lowest BCUT2D eigenvalue weighted by Crippen LogP contribution is -2.53. The molecule has 4 aromatic rings. The third kappa shape index (κ3) is 7.83. The maximum atomic E-state index is 13.0. The Morgan fingerprint density at radius 2 is 1.70 bits per heavy atom. The molecule has 3 aromatic carbocycles. The predicted molar refractivity (Wildman–Crippen MR) is 163 cm³/mol. The van der Waals surface area contributed by atoms with Crippen LogP contribution in [0, 0.1) is 0 Å². The summed E-state index contributed by atoms with van der Waals surface area (Å²) in [6.45, 7) is 0.536. The normalized spacial score (nSPS) is 13.8. The number of oxazole rings is 1. The molecular formula is C34H35N3O7. The molecule has 1 aliphatic rings. The van der Waals surface area contributed by atoms with Crippen molar-refractivity contribution in [1.82, 2.24) is 10.3 Å². The fourth-order valence-corrected chi connectivity index (χ4v) is 5.33. The highest BCUT2D eigenvalue weighted by Crippen LogP contribution is 2.33. The maximum absolute atomic E-state index is 13.0. The Morgan fingerprint density at radius 1 is 0.932 bits per heavy atom. The van der Waals surface area contributed by atoms with Crippen LogP contribution in [0.3, 0.4) is 0 Å². The summed E-state index contributed by atoms with van der Waals surface area (Å²) >= 11 is 0. The first-order chi connectivity index (χ1) is 21.4. The molecule has 0 radical (unpaired) electrons. The van der Waals surface area contributed by atoms with Gasteiger partial charge in [0, 0.05) is 23.7 Å². The molecule has 0 aliphatic heterocycles. The second kappa shape index (κ2) is 14.4. The average Bonchev–Trinajstić information content (AvgIpc) is 3.60. The third-order valence-corrected chi connectivity index (χ3v) is 7.70. The van der Waals surface area contributed by atoms with E-state index in [0.29, 0.717) is 47.1 Å². The number of hydrogen-bond donors (Lipinski definition) is 2. The number of anilines is 1. The van der Waals surface area contributed by atoms with Gasteiger partial charge < -0.3 is 29.3 Å². The van der Waals surface area contributed by atoms with Crippen molar-refractivity contribution in [2.45, 2.75) is 50.7 Å². The minimum absolute atomic E-state index is 0.202. The first kappa shape index (κ1) is 30.3. The van der Waals surface area contributed by atoms with Gasteiger partial charge in [-0.2, -0.15) is 0 Å². The molecule has 2 N–H and O–H groups in total. The molecular weight excluding hydrogens is 562 g/mol. The van der Waals surface area contributed by atoms with Crippen molar-refractivity contribution in [3.63, 3.8) is 0 Å². The van der Waals surface area contributed by atoms with E-state index in [1.807, 2.05) is 30.3 Å².